The van der Waals surface area contributed by atoms with E-state index in [0.29, 0.717) is 5.84 Å². The SMILES string of the molecule is CC(=NC(=O)[C@@H]1O[C@@H]2COC(c3ccccc3)O[C@@H]2[C@H](N=[N+]=[N-])[C@H]1O)N(C)C. The molecule has 0 aliphatic carbocycles. The molecule has 1 aromatic carbocycles. The van der Waals surface area contributed by atoms with Gasteiger partial charge in [0.05, 0.1) is 12.6 Å². The summed E-state index contributed by atoms with van der Waals surface area (Å²) in [6.07, 6.45) is -4.78. The number of carbonyl (C=O) groups excluding carboxylic acids is 1. The quantitative estimate of drug-likeness (QED) is 0.274. The smallest absolute Gasteiger partial charge is 0.279 e. The van der Waals surface area contributed by atoms with Crippen molar-refractivity contribution < 1.29 is 24.1 Å². The maximum atomic E-state index is 12.5. The molecule has 0 saturated carbocycles. The molecular formula is C18H23N5O5. The second kappa shape index (κ2) is 8.68. The summed E-state index contributed by atoms with van der Waals surface area (Å²) in [5.74, 6) is -0.191. The molecule has 2 fully saturated rings. The summed E-state index contributed by atoms with van der Waals surface area (Å²) in [5, 5.41) is 14.3. The molecule has 10 heteroatoms. The molecule has 2 aliphatic rings. The van der Waals surface area contributed by atoms with Crippen LogP contribution in [0.2, 0.25) is 0 Å². The molecule has 1 N–H and O–H groups in total. The fourth-order valence-electron chi connectivity index (χ4n) is 3.11. The number of benzene rings is 1. The van der Waals surface area contributed by atoms with Crippen LogP contribution in [0.3, 0.4) is 0 Å². The van der Waals surface area contributed by atoms with E-state index in [4.69, 9.17) is 19.7 Å². The van der Waals surface area contributed by atoms with Crippen molar-refractivity contribution >= 4 is 11.7 Å². The molecule has 150 valence electrons. The molecule has 6 atom stereocenters. The Morgan fingerprint density at radius 3 is 2.64 bits per heavy atom. The molecule has 0 aromatic heterocycles. The Labute approximate surface area is 162 Å². The zero-order valence-electron chi connectivity index (χ0n) is 15.9. The van der Waals surface area contributed by atoms with Crippen molar-refractivity contribution in [3.05, 3.63) is 46.3 Å². The van der Waals surface area contributed by atoms with Gasteiger partial charge in [-0.2, -0.15) is 4.99 Å². The number of carbonyl (C=O) groups is 1. The fraction of sp³-hybridized carbons (Fsp3) is 0.556. The van der Waals surface area contributed by atoms with Gasteiger partial charge in [-0.15, -0.1) is 0 Å². The van der Waals surface area contributed by atoms with E-state index in [9.17, 15) is 9.90 Å². The molecule has 1 unspecified atom stereocenters. The number of hydrogen-bond donors (Lipinski definition) is 1. The third-order valence-corrected chi connectivity index (χ3v) is 4.80. The van der Waals surface area contributed by atoms with E-state index in [1.165, 1.54) is 0 Å². The van der Waals surface area contributed by atoms with Gasteiger partial charge in [0, 0.05) is 24.6 Å². The lowest BCUT2D eigenvalue weighted by Gasteiger charge is -2.46. The number of nitrogens with zero attached hydrogens (tertiary/aromatic N) is 5. The number of fused-ring (bicyclic) bond motifs is 1. The maximum Gasteiger partial charge on any atom is 0.279 e. The number of amidine groups is 1. The van der Waals surface area contributed by atoms with E-state index in [2.05, 4.69) is 15.0 Å². The highest BCUT2D eigenvalue weighted by Crippen LogP contribution is 2.35. The van der Waals surface area contributed by atoms with E-state index in [0.717, 1.165) is 5.56 Å². The number of azide groups is 1. The average molecular weight is 389 g/mol. The lowest BCUT2D eigenvalue weighted by molar-refractivity contribution is -0.302. The van der Waals surface area contributed by atoms with Gasteiger partial charge in [0.2, 0.25) is 0 Å². The number of hydrogen-bond acceptors (Lipinski definition) is 6. The summed E-state index contributed by atoms with van der Waals surface area (Å²) < 4.78 is 17.4. The Balaban J connectivity index is 1.82. The van der Waals surface area contributed by atoms with Gasteiger partial charge in [-0.25, -0.2) is 0 Å². The molecule has 2 aliphatic heterocycles. The van der Waals surface area contributed by atoms with Crippen LogP contribution < -0.4 is 0 Å². The van der Waals surface area contributed by atoms with Gasteiger partial charge < -0.3 is 24.2 Å². The van der Waals surface area contributed by atoms with Crippen LogP contribution in [0, 0.1) is 0 Å². The van der Waals surface area contributed by atoms with Crippen LogP contribution in [-0.2, 0) is 19.0 Å². The third-order valence-electron chi connectivity index (χ3n) is 4.80. The van der Waals surface area contributed by atoms with Gasteiger partial charge in [-0.05, 0) is 12.5 Å². The van der Waals surface area contributed by atoms with Crippen molar-refractivity contribution in [2.75, 3.05) is 20.7 Å². The van der Waals surface area contributed by atoms with Gasteiger partial charge in [-0.3, -0.25) is 4.79 Å². The summed E-state index contributed by atoms with van der Waals surface area (Å²) in [6, 6.07) is 8.26. The number of amides is 1. The van der Waals surface area contributed by atoms with E-state index >= 15 is 0 Å². The number of aliphatic hydroxyl groups is 1. The van der Waals surface area contributed by atoms with Crippen molar-refractivity contribution in [3.63, 3.8) is 0 Å². The van der Waals surface area contributed by atoms with Gasteiger partial charge in [-0.1, -0.05) is 35.4 Å². The molecule has 2 saturated heterocycles. The second-order valence-electron chi connectivity index (χ2n) is 6.85. The zero-order chi connectivity index (χ0) is 20.3. The van der Waals surface area contributed by atoms with Crippen molar-refractivity contribution in [2.24, 2.45) is 10.1 Å². The molecule has 28 heavy (non-hydrogen) atoms. The standard InChI is InChI=1S/C18H23N5O5/c1-10(23(2)3)20-17(25)16-14(24)13(21-22-19)15-12(27-16)9-26-18(28-15)11-7-5-4-6-8-11/h4-8,12-16,18,24H,9H2,1-3H3/t12-,13-,14-,15+,16-,18?/m1/s1. The Hall–Kier alpha value is -2.49. The third kappa shape index (κ3) is 4.16. The highest BCUT2D eigenvalue weighted by atomic mass is 16.7. The Bertz CT molecular complexity index is 780. The van der Waals surface area contributed by atoms with Crippen molar-refractivity contribution in [1.82, 2.24) is 4.90 Å². The van der Waals surface area contributed by atoms with Crippen LogP contribution in [0.15, 0.2) is 40.4 Å². The normalized spacial score (nSPS) is 32.8. The minimum Gasteiger partial charge on any atom is -0.389 e. The monoisotopic (exact) mass is 389 g/mol. The van der Waals surface area contributed by atoms with Crippen molar-refractivity contribution in [3.8, 4) is 0 Å². The molecule has 0 bridgehead atoms. The van der Waals surface area contributed by atoms with E-state index in [1.54, 1.807) is 25.9 Å². The fourth-order valence-corrected chi connectivity index (χ4v) is 3.11. The summed E-state index contributed by atoms with van der Waals surface area (Å²) in [5.41, 5.74) is 9.74. The number of aliphatic imine (C=N–C) groups is 1. The molecule has 10 nitrogen and oxygen atoms in total. The summed E-state index contributed by atoms with van der Waals surface area (Å²) in [4.78, 5) is 20.9. The molecule has 1 aromatic rings. The molecule has 2 heterocycles. The molecule has 3 rings (SSSR count). The molecule has 0 spiro atoms. The Kier molecular flexibility index (Phi) is 6.28. The van der Waals surface area contributed by atoms with Crippen LogP contribution in [0.5, 0.6) is 0 Å². The van der Waals surface area contributed by atoms with Crippen molar-refractivity contribution in [2.45, 2.75) is 43.7 Å². The summed E-state index contributed by atoms with van der Waals surface area (Å²) >= 11 is 0. The number of ether oxygens (including phenoxy) is 3. The van der Waals surface area contributed by atoms with Gasteiger partial charge >= 0.3 is 0 Å². The Morgan fingerprint density at radius 1 is 1.29 bits per heavy atom. The van der Waals surface area contributed by atoms with Crippen LogP contribution in [0.1, 0.15) is 18.8 Å². The van der Waals surface area contributed by atoms with Crippen LogP contribution in [0.25, 0.3) is 10.4 Å². The zero-order valence-corrected chi connectivity index (χ0v) is 15.9. The van der Waals surface area contributed by atoms with Crippen molar-refractivity contribution in [1.29, 1.82) is 0 Å². The number of rotatable bonds is 3. The predicted octanol–water partition coefficient (Wildman–Crippen LogP) is 1.41. The van der Waals surface area contributed by atoms with Crippen LogP contribution in [-0.4, -0.2) is 72.9 Å². The first-order valence-corrected chi connectivity index (χ1v) is 8.88. The van der Waals surface area contributed by atoms with Gasteiger partial charge in [0.15, 0.2) is 12.4 Å². The largest absolute Gasteiger partial charge is 0.389 e. The summed E-state index contributed by atoms with van der Waals surface area (Å²) in [6.45, 7) is 1.78. The van der Waals surface area contributed by atoms with Gasteiger partial charge in [0.25, 0.3) is 5.91 Å². The maximum absolute atomic E-state index is 12.5. The minimum absolute atomic E-state index is 0.120. The van der Waals surface area contributed by atoms with E-state index in [-0.39, 0.29) is 6.61 Å². The lowest BCUT2D eigenvalue weighted by atomic mass is 9.92. The van der Waals surface area contributed by atoms with Gasteiger partial charge in [0.1, 0.15) is 24.1 Å². The minimum atomic E-state index is -1.39. The first-order chi connectivity index (χ1) is 13.4. The molecule has 0 radical (unpaired) electrons. The predicted molar refractivity (Wildman–Crippen MR) is 99.4 cm³/mol. The first-order valence-electron chi connectivity index (χ1n) is 8.88. The van der Waals surface area contributed by atoms with Crippen LogP contribution >= 0.6 is 0 Å². The lowest BCUT2D eigenvalue weighted by Crippen LogP contribution is -2.62. The molecule has 1 amide bonds. The first kappa shape index (κ1) is 20.2. The summed E-state index contributed by atoms with van der Waals surface area (Å²) in [7, 11) is 3.49. The van der Waals surface area contributed by atoms with E-state index in [1.807, 2.05) is 30.3 Å². The highest BCUT2D eigenvalue weighted by molar-refractivity contribution is 5.95. The number of aliphatic hydroxyl groups excluding tert-OH is 1. The second-order valence-corrected chi connectivity index (χ2v) is 6.85. The van der Waals surface area contributed by atoms with E-state index < -0.39 is 42.7 Å². The molecular weight excluding hydrogens is 366 g/mol. The average Bonchev–Trinajstić information content (AvgIpc) is 2.70. The van der Waals surface area contributed by atoms with Crippen LogP contribution in [0.4, 0.5) is 0 Å². The highest BCUT2D eigenvalue weighted by Gasteiger charge is 2.51. The Morgan fingerprint density at radius 2 is 2.00 bits per heavy atom. The topological polar surface area (TPSA) is 129 Å².